The first-order valence-electron chi connectivity index (χ1n) is 25.3. The SMILES string of the molecule is CC[C@@H]1OC(=O)[C@H](C)[C@@H](O[C@H]2C[C@@](C)(OC)[C@@H](O)[C@H](C)O2)[C@H](C)[C@@H](O[C@@H]2O[C@H](C)C[C@H](N(C)C)[C@H]2O)[C@](C)(O)C[C@@H](C)/C(=N\OC[C@H]2O[C@H](OC)[C@H](OC(C)=O)[C@@H](OC(C)=O)[C@@H]2OC(C)=O)[C@H](C)[C@@H](O)[C@]1(C)O. The van der Waals surface area contributed by atoms with Crippen LogP contribution in [0.4, 0.5) is 0 Å². The maximum absolute atomic E-state index is 14.6. The van der Waals surface area contributed by atoms with Gasteiger partial charge < -0.3 is 87.4 Å². The number of aliphatic hydroxyl groups is 5. The highest BCUT2D eigenvalue weighted by Gasteiger charge is 2.55. The van der Waals surface area contributed by atoms with Crippen LogP contribution >= 0.6 is 0 Å². The van der Waals surface area contributed by atoms with Crippen LogP contribution in [0.2, 0.25) is 0 Å². The zero-order valence-electron chi connectivity index (χ0n) is 45.7. The summed E-state index contributed by atoms with van der Waals surface area (Å²) in [6, 6.07) is -0.413. The second kappa shape index (κ2) is 25.8. The molecule has 4 saturated heterocycles. The van der Waals surface area contributed by atoms with Gasteiger partial charge in [0, 0.05) is 65.2 Å². The fraction of sp³-hybridized carbons (Fsp3) is 0.900. The zero-order valence-corrected chi connectivity index (χ0v) is 45.7. The topological polar surface area (TPSA) is 296 Å². The van der Waals surface area contributed by atoms with E-state index < -0.39 is 169 Å². The number of esters is 4. The fourth-order valence-corrected chi connectivity index (χ4v) is 11.0. The van der Waals surface area contributed by atoms with E-state index in [9.17, 15) is 44.7 Å². The Morgan fingerprint density at radius 1 is 0.767 bits per heavy atom. The zero-order chi connectivity index (χ0) is 55.2. The molecule has 4 aliphatic rings. The monoisotopic (exact) mass is 1050 g/mol. The molecule has 0 bridgehead atoms. The standard InChI is InChI=1S/C50H86N2O21/c1-18-34-50(13,61)42(57)25(4)36(51-64-22-33-39(67-29(8)53)40(68-30(9)54)41(69-31(10)55)47(62-16)70-33)23(2)20-48(11,60)44(73-46-37(56)32(52(14)15)19-24(3)65-46)26(5)38(27(6)45(59)71-34)72-35-21-49(12,63-17)43(58)28(7)66-35/h23-28,32-35,37-44,46-47,56-58,60-61H,18-22H2,1-17H3/b51-36+/t23-,24-,25+,26+,27-,28+,32+,33-,34+,35+,37-,38+,39-,40+,41-,42-,43+,44-,46+,47+,48-,49-,50-/m1/s1. The Balaban J connectivity index is 1.89. The second-order valence-electron chi connectivity index (χ2n) is 21.4. The molecule has 0 aromatic heterocycles. The molecule has 0 aliphatic carbocycles. The molecule has 4 aliphatic heterocycles. The van der Waals surface area contributed by atoms with Crippen molar-refractivity contribution in [1.82, 2.24) is 4.90 Å². The van der Waals surface area contributed by atoms with Crippen molar-refractivity contribution in [1.29, 1.82) is 0 Å². The average molecular weight is 1050 g/mol. The predicted octanol–water partition coefficient (Wildman–Crippen LogP) is 1.76. The normalized spacial score (nSPS) is 44.9. The molecule has 0 spiro atoms. The Kier molecular flexibility index (Phi) is 22.0. The first-order valence-corrected chi connectivity index (χ1v) is 25.3. The number of carbonyl (C=O) groups is 4. The number of hydrogen-bond acceptors (Lipinski definition) is 23. The molecule has 5 N–H and O–H groups in total. The number of rotatable bonds is 14. The summed E-state index contributed by atoms with van der Waals surface area (Å²) in [4.78, 5) is 59.5. The van der Waals surface area contributed by atoms with Crippen molar-refractivity contribution in [2.75, 3.05) is 34.9 Å². The van der Waals surface area contributed by atoms with E-state index in [4.69, 9.17) is 56.9 Å². The molecule has 0 unspecified atom stereocenters. The van der Waals surface area contributed by atoms with Crippen molar-refractivity contribution in [3.05, 3.63) is 0 Å². The fourth-order valence-electron chi connectivity index (χ4n) is 11.0. The van der Waals surface area contributed by atoms with Crippen molar-refractivity contribution in [3.8, 4) is 0 Å². The van der Waals surface area contributed by atoms with E-state index in [2.05, 4.69) is 5.16 Å². The van der Waals surface area contributed by atoms with Gasteiger partial charge in [0.05, 0.1) is 53.4 Å². The van der Waals surface area contributed by atoms with Crippen LogP contribution in [0.1, 0.15) is 116 Å². The van der Waals surface area contributed by atoms with Crippen molar-refractivity contribution in [2.24, 2.45) is 28.8 Å². The summed E-state index contributed by atoms with van der Waals surface area (Å²) in [5.41, 5.74) is -5.12. The molecule has 0 radical (unpaired) electrons. The summed E-state index contributed by atoms with van der Waals surface area (Å²) in [5, 5.41) is 64.9. The number of oxime groups is 1. The third-order valence-electron chi connectivity index (χ3n) is 15.0. The molecule has 23 nitrogen and oxygen atoms in total. The summed E-state index contributed by atoms with van der Waals surface area (Å²) in [5.74, 6) is -7.27. The molecule has 23 heteroatoms. The third kappa shape index (κ3) is 14.9. The number of likely N-dealkylation sites (N-methyl/N-ethyl adjacent to an activating group) is 1. The molecular formula is C50H86N2O21. The van der Waals surface area contributed by atoms with Crippen LogP contribution in [-0.4, -0.2) is 210 Å². The second-order valence-corrected chi connectivity index (χ2v) is 21.4. The molecule has 0 aromatic rings. The summed E-state index contributed by atoms with van der Waals surface area (Å²) in [6.07, 6.45) is -17.9. The minimum Gasteiger partial charge on any atom is -0.459 e. The van der Waals surface area contributed by atoms with Crippen molar-refractivity contribution in [2.45, 2.75) is 231 Å². The van der Waals surface area contributed by atoms with Gasteiger partial charge in [-0.2, -0.15) is 0 Å². The highest BCUT2D eigenvalue weighted by Crippen LogP contribution is 2.41. The van der Waals surface area contributed by atoms with Gasteiger partial charge in [0.15, 0.2) is 37.2 Å². The summed E-state index contributed by atoms with van der Waals surface area (Å²) >= 11 is 0. The molecule has 4 heterocycles. The number of ether oxygens (including phenoxy) is 11. The molecule has 4 fully saturated rings. The molecule has 73 heavy (non-hydrogen) atoms. The van der Waals surface area contributed by atoms with Gasteiger partial charge in [-0.15, -0.1) is 0 Å². The van der Waals surface area contributed by atoms with E-state index in [0.29, 0.717) is 6.42 Å². The van der Waals surface area contributed by atoms with E-state index in [1.807, 2.05) is 25.9 Å². The number of methoxy groups -OCH3 is 2. The van der Waals surface area contributed by atoms with Crippen molar-refractivity contribution >= 4 is 29.6 Å². The highest BCUT2D eigenvalue weighted by molar-refractivity contribution is 5.88. The Bertz CT molecular complexity index is 1870. The van der Waals surface area contributed by atoms with Crippen LogP contribution in [0.5, 0.6) is 0 Å². The largest absolute Gasteiger partial charge is 0.459 e. The summed E-state index contributed by atoms with van der Waals surface area (Å²) < 4.78 is 66.0. The predicted molar refractivity (Wildman–Crippen MR) is 257 cm³/mol. The minimum atomic E-state index is -2.14. The van der Waals surface area contributed by atoms with E-state index in [1.165, 1.54) is 28.1 Å². The maximum Gasteiger partial charge on any atom is 0.311 e. The van der Waals surface area contributed by atoms with Crippen molar-refractivity contribution in [3.63, 3.8) is 0 Å². The third-order valence-corrected chi connectivity index (χ3v) is 15.0. The first kappa shape index (κ1) is 62.4. The lowest BCUT2D eigenvalue weighted by Crippen LogP contribution is -2.62. The Morgan fingerprint density at radius 3 is 1.90 bits per heavy atom. The number of nitrogens with zero attached hydrogens (tertiary/aromatic N) is 2. The average Bonchev–Trinajstić information content (AvgIpc) is 3.29. The highest BCUT2D eigenvalue weighted by atomic mass is 16.7. The lowest BCUT2D eigenvalue weighted by Gasteiger charge is -2.49. The lowest BCUT2D eigenvalue weighted by molar-refractivity contribution is -0.317. The molecule has 0 saturated carbocycles. The van der Waals surface area contributed by atoms with Crippen LogP contribution in [0, 0.1) is 23.7 Å². The van der Waals surface area contributed by atoms with Gasteiger partial charge in [-0.3, -0.25) is 19.2 Å². The van der Waals surface area contributed by atoms with Crippen molar-refractivity contribution < 1.29 is 102 Å². The van der Waals surface area contributed by atoms with E-state index >= 15 is 0 Å². The Hall–Kier alpha value is -3.17. The maximum atomic E-state index is 14.6. The number of hydrogen-bond donors (Lipinski definition) is 5. The van der Waals surface area contributed by atoms with Crippen LogP contribution < -0.4 is 0 Å². The van der Waals surface area contributed by atoms with E-state index in [0.717, 1.165) is 20.8 Å². The summed E-state index contributed by atoms with van der Waals surface area (Å²) in [7, 11) is 6.36. The number of aliphatic hydroxyl groups excluding tert-OH is 3. The van der Waals surface area contributed by atoms with Crippen LogP contribution in [0.25, 0.3) is 0 Å². The van der Waals surface area contributed by atoms with E-state index in [-0.39, 0.29) is 25.0 Å². The Labute approximate surface area is 429 Å². The molecule has 4 rings (SSSR count). The quantitative estimate of drug-likeness (QED) is 0.0941. The van der Waals surface area contributed by atoms with Gasteiger partial charge in [0.2, 0.25) is 0 Å². The number of carbonyl (C=O) groups excluding carboxylic acids is 4. The van der Waals surface area contributed by atoms with Crippen LogP contribution in [0.3, 0.4) is 0 Å². The van der Waals surface area contributed by atoms with Gasteiger partial charge >= 0.3 is 23.9 Å². The lowest BCUT2D eigenvalue weighted by atomic mass is 9.73. The van der Waals surface area contributed by atoms with Gasteiger partial charge in [0.1, 0.15) is 36.6 Å². The van der Waals surface area contributed by atoms with Gasteiger partial charge in [-0.1, -0.05) is 32.9 Å². The molecule has 0 amide bonds. The van der Waals surface area contributed by atoms with Gasteiger partial charge in [-0.05, 0) is 74.9 Å². The molecule has 23 atom stereocenters. The van der Waals surface area contributed by atoms with E-state index in [1.54, 1.807) is 48.5 Å². The van der Waals surface area contributed by atoms with Gasteiger partial charge in [0.25, 0.3) is 0 Å². The smallest absolute Gasteiger partial charge is 0.311 e. The van der Waals surface area contributed by atoms with Gasteiger partial charge in [-0.25, -0.2) is 0 Å². The summed E-state index contributed by atoms with van der Waals surface area (Å²) in [6.45, 7) is 19.1. The molecule has 422 valence electrons. The first-order chi connectivity index (χ1) is 33.8. The van der Waals surface area contributed by atoms with Crippen LogP contribution in [0.15, 0.2) is 5.16 Å². The number of cyclic esters (lactones) is 1. The molecule has 0 aromatic carbocycles. The molecular weight excluding hydrogens is 965 g/mol. The van der Waals surface area contributed by atoms with Crippen LogP contribution in [-0.2, 0) is 76.1 Å². The minimum absolute atomic E-state index is 0.0262. The Morgan fingerprint density at radius 2 is 1.36 bits per heavy atom.